The van der Waals surface area contributed by atoms with Gasteiger partial charge in [-0.25, -0.2) is 4.90 Å². The topological polar surface area (TPSA) is 42.3 Å². The molecule has 226 valence electrons. The Labute approximate surface area is 277 Å². The van der Waals surface area contributed by atoms with Crippen molar-refractivity contribution >= 4 is 39.3 Å². The first-order valence-corrected chi connectivity index (χ1v) is 16.0. The molecule has 0 N–H and O–H groups in total. The Bertz CT molecular complexity index is 2480. The molecule has 2 amide bonds. The van der Waals surface area contributed by atoms with Crippen molar-refractivity contribution in [3.63, 3.8) is 0 Å². The highest BCUT2D eigenvalue weighted by molar-refractivity contribution is 6.37. The van der Waals surface area contributed by atoms with E-state index in [1.165, 1.54) is 4.90 Å². The van der Waals surface area contributed by atoms with Crippen molar-refractivity contribution in [2.75, 3.05) is 4.90 Å². The summed E-state index contributed by atoms with van der Waals surface area (Å²) in [4.78, 5) is 30.8. The lowest BCUT2D eigenvalue weighted by Crippen LogP contribution is -2.30. The first kappa shape index (κ1) is 27.8. The number of carbonyl (C=O) groups excluding carboxylic acids is 2. The van der Waals surface area contributed by atoms with Crippen LogP contribution in [0.5, 0.6) is 0 Å². The van der Waals surface area contributed by atoms with E-state index in [4.69, 9.17) is 0 Å². The fourth-order valence-corrected chi connectivity index (χ4v) is 7.19. The molecule has 0 saturated carbocycles. The van der Waals surface area contributed by atoms with Crippen LogP contribution >= 0.6 is 0 Å². The normalized spacial score (nSPS) is 12.6. The zero-order valence-electron chi connectivity index (χ0n) is 25.9. The van der Waals surface area contributed by atoms with E-state index in [2.05, 4.69) is 47.0 Å². The second-order valence-electron chi connectivity index (χ2n) is 12.0. The second kappa shape index (κ2) is 11.1. The molecule has 1 aromatic heterocycles. The van der Waals surface area contributed by atoms with E-state index in [1.54, 1.807) is 6.07 Å². The van der Waals surface area contributed by atoms with Crippen LogP contribution in [0.15, 0.2) is 170 Å². The van der Waals surface area contributed by atoms with E-state index in [9.17, 15) is 9.59 Å². The van der Waals surface area contributed by atoms with E-state index in [1.807, 2.05) is 121 Å². The molecule has 0 spiro atoms. The third-order valence-electron chi connectivity index (χ3n) is 9.34. The molecule has 2 heterocycles. The minimum Gasteiger partial charge on any atom is -0.308 e. The Hall–Kier alpha value is -6.52. The molecular formula is C44H28N2O2. The van der Waals surface area contributed by atoms with Gasteiger partial charge in [0.1, 0.15) is 0 Å². The lowest BCUT2D eigenvalue weighted by atomic mass is 9.95. The van der Waals surface area contributed by atoms with Crippen molar-refractivity contribution in [1.82, 2.24) is 4.57 Å². The van der Waals surface area contributed by atoms with Crippen molar-refractivity contribution in [3.05, 3.63) is 181 Å². The second-order valence-corrected chi connectivity index (χ2v) is 12.0. The minimum absolute atomic E-state index is 0.329. The Morgan fingerprint density at radius 1 is 0.375 bits per heavy atom. The summed E-state index contributed by atoms with van der Waals surface area (Å²) in [5.74, 6) is -0.664. The fourth-order valence-electron chi connectivity index (χ4n) is 7.19. The predicted octanol–water partition coefficient (Wildman–Crippen LogP) is 10.6. The highest BCUT2D eigenvalue weighted by Gasteiger charge is 2.41. The number of anilines is 1. The average Bonchev–Trinajstić information content (AvgIpc) is 3.62. The molecule has 0 saturated heterocycles. The third kappa shape index (κ3) is 4.24. The van der Waals surface area contributed by atoms with Crippen LogP contribution in [0.1, 0.15) is 20.7 Å². The Morgan fingerprint density at radius 3 is 1.58 bits per heavy atom. The maximum atomic E-state index is 14.9. The number of nitrogens with zero attached hydrogens (tertiary/aromatic N) is 2. The van der Waals surface area contributed by atoms with Crippen molar-refractivity contribution in [2.45, 2.75) is 0 Å². The summed E-state index contributed by atoms with van der Waals surface area (Å²) in [6.07, 6.45) is 0. The Balaban J connectivity index is 1.27. The highest BCUT2D eigenvalue weighted by atomic mass is 16.2. The zero-order chi connectivity index (χ0) is 32.2. The molecule has 4 nitrogen and oxygen atoms in total. The summed E-state index contributed by atoms with van der Waals surface area (Å²) in [5.41, 5.74) is 9.76. The van der Waals surface area contributed by atoms with Crippen LogP contribution in [-0.4, -0.2) is 16.4 Å². The summed E-state index contributed by atoms with van der Waals surface area (Å²) in [6, 6.07) is 56.5. The van der Waals surface area contributed by atoms with Crippen molar-refractivity contribution in [1.29, 1.82) is 0 Å². The minimum atomic E-state index is -0.335. The first-order chi connectivity index (χ1) is 23.7. The molecule has 0 atom stereocenters. The van der Waals surface area contributed by atoms with Crippen molar-refractivity contribution < 1.29 is 9.59 Å². The van der Waals surface area contributed by atoms with Gasteiger partial charge >= 0.3 is 0 Å². The summed E-state index contributed by atoms with van der Waals surface area (Å²) in [5, 5.41) is 2.16. The number of hydrogen-bond acceptors (Lipinski definition) is 2. The SMILES string of the molecule is O=C1c2cccc(-n3c4ccccc4c4cc(-c5ccccc5)ccc43)c2C(=O)N1c1c(-c2ccccc2)cccc1-c1ccccc1. The smallest absolute Gasteiger partial charge is 0.268 e. The molecule has 0 fully saturated rings. The number of hydrogen-bond donors (Lipinski definition) is 0. The van der Waals surface area contributed by atoms with Crippen LogP contribution < -0.4 is 4.90 Å². The lowest BCUT2D eigenvalue weighted by Gasteiger charge is -2.23. The maximum Gasteiger partial charge on any atom is 0.268 e. The monoisotopic (exact) mass is 616 g/mol. The third-order valence-corrected chi connectivity index (χ3v) is 9.34. The predicted molar refractivity (Wildman–Crippen MR) is 195 cm³/mol. The van der Waals surface area contributed by atoms with E-state index in [0.717, 1.165) is 55.2 Å². The van der Waals surface area contributed by atoms with Crippen LogP contribution in [0.4, 0.5) is 5.69 Å². The summed E-state index contributed by atoms with van der Waals surface area (Å²) in [6.45, 7) is 0. The van der Waals surface area contributed by atoms with E-state index in [-0.39, 0.29) is 11.8 Å². The summed E-state index contributed by atoms with van der Waals surface area (Å²) < 4.78 is 2.13. The van der Waals surface area contributed by atoms with E-state index < -0.39 is 0 Å². The van der Waals surface area contributed by atoms with Crippen LogP contribution in [0.25, 0.3) is 60.9 Å². The van der Waals surface area contributed by atoms with Gasteiger partial charge in [-0.05, 0) is 52.6 Å². The molecule has 7 aromatic carbocycles. The highest BCUT2D eigenvalue weighted by Crippen LogP contribution is 2.45. The van der Waals surface area contributed by atoms with Crippen molar-refractivity contribution in [3.8, 4) is 39.1 Å². The van der Waals surface area contributed by atoms with Gasteiger partial charge in [0, 0.05) is 21.9 Å². The lowest BCUT2D eigenvalue weighted by molar-refractivity contribution is 0.0926. The van der Waals surface area contributed by atoms with Crippen LogP contribution in [-0.2, 0) is 0 Å². The van der Waals surface area contributed by atoms with Gasteiger partial charge in [-0.15, -0.1) is 0 Å². The van der Waals surface area contributed by atoms with Gasteiger partial charge in [0.15, 0.2) is 0 Å². The number of para-hydroxylation sites is 2. The molecule has 4 heteroatoms. The Kier molecular flexibility index (Phi) is 6.41. The van der Waals surface area contributed by atoms with Gasteiger partial charge < -0.3 is 4.57 Å². The largest absolute Gasteiger partial charge is 0.308 e. The van der Waals surface area contributed by atoms with E-state index in [0.29, 0.717) is 22.5 Å². The van der Waals surface area contributed by atoms with Crippen molar-refractivity contribution in [2.24, 2.45) is 0 Å². The molecule has 9 rings (SSSR count). The summed E-state index contributed by atoms with van der Waals surface area (Å²) >= 11 is 0. The average molecular weight is 617 g/mol. The van der Waals surface area contributed by atoms with Crippen LogP contribution in [0.3, 0.4) is 0 Å². The Morgan fingerprint density at radius 2 is 0.917 bits per heavy atom. The number of aromatic nitrogens is 1. The zero-order valence-corrected chi connectivity index (χ0v) is 25.9. The number of carbonyl (C=O) groups is 2. The molecule has 0 radical (unpaired) electrons. The standard InChI is InChI=1S/C44H28N2O2/c47-43-36-23-13-25-40(45-38-24-11-10-20-35(38)37-28-32(26-27-39(37)45)29-14-4-1-5-15-29)41(36)44(48)46(43)42-33(30-16-6-2-7-17-30)21-12-22-34(42)31-18-8-3-9-19-31/h1-28H. The number of imide groups is 1. The van der Waals surface area contributed by atoms with Gasteiger partial charge in [0.05, 0.1) is 33.5 Å². The van der Waals surface area contributed by atoms with E-state index >= 15 is 0 Å². The molecule has 0 unspecified atom stereocenters. The summed E-state index contributed by atoms with van der Waals surface area (Å²) in [7, 11) is 0. The van der Waals surface area contributed by atoms with Gasteiger partial charge in [-0.1, -0.05) is 140 Å². The fraction of sp³-hybridized carbons (Fsp3) is 0. The van der Waals surface area contributed by atoms with Gasteiger partial charge in [-0.2, -0.15) is 0 Å². The molecule has 1 aliphatic rings. The van der Waals surface area contributed by atoms with Gasteiger partial charge in [-0.3, -0.25) is 9.59 Å². The number of benzene rings is 7. The maximum absolute atomic E-state index is 14.9. The van der Waals surface area contributed by atoms with Crippen LogP contribution in [0, 0.1) is 0 Å². The molecule has 8 aromatic rings. The number of fused-ring (bicyclic) bond motifs is 4. The quantitative estimate of drug-likeness (QED) is 0.181. The van der Waals surface area contributed by atoms with Crippen LogP contribution in [0.2, 0.25) is 0 Å². The molecule has 48 heavy (non-hydrogen) atoms. The first-order valence-electron chi connectivity index (χ1n) is 16.0. The molecule has 1 aliphatic heterocycles. The number of rotatable bonds is 5. The van der Waals surface area contributed by atoms with Gasteiger partial charge in [0.2, 0.25) is 0 Å². The van der Waals surface area contributed by atoms with Gasteiger partial charge in [0.25, 0.3) is 11.8 Å². The molecule has 0 bridgehead atoms. The molecular weight excluding hydrogens is 588 g/mol. The number of amides is 2. The molecule has 0 aliphatic carbocycles.